The van der Waals surface area contributed by atoms with Gasteiger partial charge in [0.2, 0.25) is 5.76 Å². The minimum Gasteiger partial charge on any atom is -0.452 e. The second kappa shape index (κ2) is 4.62. The molecule has 1 aromatic heterocycles. The molecule has 1 aromatic carbocycles. The average molecular weight is 259 g/mol. The van der Waals surface area contributed by atoms with Crippen molar-refractivity contribution < 1.29 is 22.7 Å². The molecule has 0 saturated heterocycles. The maximum absolute atomic E-state index is 12.5. The molecule has 0 radical (unpaired) electrons. The molecule has 2 rings (SSSR count). The number of aliphatic hydroxyl groups excluding tert-OH is 1. The Balaban J connectivity index is 2.40. The van der Waals surface area contributed by atoms with Gasteiger partial charge in [-0.3, -0.25) is 0 Å². The van der Waals surface area contributed by atoms with E-state index in [4.69, 9.17) is 4.42 Å². The van der Waals surface area contributed by atoms with Crippen LogP contribution in [-0.4, -0.2) is 18.7 Å². The van der Waals surface area contributed by atoms with Crippen molar-refractivity contribution in [2.24, 2.45) is 0 Å². The van der Waals surface area contributed by atoms with Gasteiger partial charge in [-0.25, -0.2) is 0 Å². The predicted molar refractivity (Wildman–Crippen MR) is 60.1 cm³/mol. The summed E-state index contributed by atoms with van der Waals surface area (Å²) in [5.41, 5.74) is 0.703. The number of halogens is 3. The Labute approximate surface area is 101 Å². The van der Waals surface area contributed by atoms with Gasteiger partial charge in [0.05, 0.1) is 6.10 Å². The van der Waals surface area contributed by atoms with Crippen LogP contribution < -0.4 is 5.32 Å². The van der Waals surface area contributed by atoms with Crippen LogP contribution in [0, 0.1) is 0 Å². The predicted octanol–water partition coefficient (Wildman–Crippen LogP) is 2.70. The van der Waals surface area contributed by atoms with Crippen molar-refractivity contribution >= 4 is 11.0 Å². The van der Waals surface area contributed by atoms with Gasteiger partial charge in [-0.15, -0.1) is 0 Å². The van der Waals surface area contributed by atoms with Crippen LogP contribution in [0.5, 0.6) is 0 Å². The van der Waals surface area contributed by atoms with Crippen LogP contribution in [0.1, 0.15) is 17.4 Å². The largest absolute Gasteiger partial charge is 0.452 e. The first kappa shape index (κ1) is 12.9. The Bertz CT molecular complexity index is 548. The molecule has 0 amide bonds. The molecule has 1 heterocycles. The first-order valence-corrected chi connectivity index (χ1v) is 5.35. The van der Waals surface area contributed by atoms with E-state index >= 15 is 0 Å². The molecule has 1 unspecified atom stereocenters. The number of fused-ring (bicyclic) bond motifs is 1. The van der Waals surface area contributed by atoms with E-state index in [1.165, 1.54) is 12.1 Å². The van der Waals surface area contributed by atoms with Crippen molar-refractivity contribution in [3.63, 3.8) is 0 Å². The molecular formula is C12H12F3NO2. The molecule has 6 heteroatoms. The Morgan fingerprint density at radius 1 is 1.33 bits per heavy atom. The van der Waals surface area contributed by atoms with Crippen LogP contribution in [0.2, 0.25) is 0 Å². The number of aliphatic hydroxyl groups is 1. The lowest BCUT2D eigenvalue weighted by molar-refractivity contribution is -0.152. The highest BCUT2D eigenvalue weighted by Gasteiger charge is 2.35. The molecule has 0 aliphatic carbocycles. The van der Waals surface area contributed by atoms with Crippen molar-refractivity contribution in [2.45, 2.75) is 12.3 Å². The maximum Gasteiger partial charge on any atom is 0.449 e. The van der Waals surface area contributed by atoms with Gasteiger partial charge in [0.15, 0.2) is 0 Å². The summed E-state index contributed by atoms with van der Waals surface area (Å²) in [5, 5.41) is 12.9. The van der Waals surface area contributed by atoms with E-state index in [0.29, 0.717) is 17.5 Å². The highest BCUT2D eigenvalue weighted by atomic mass is 19.4. The van der Waals surface area contributed by atoms with E-state index in [9.17, 15) is 18.3 Å². The normalized spacial score (nSPS) is 14.1. The number of nitrogens with one attached hydrogen (secondary N) is 1. The molecular weight excluding hydrogens is 247 g/mol. The summed E-state index contributed by atoms with van der Waals surface area (Å²) in [6.45, 7) is 0.329. The van der Waals surface area contributed by atoms with Gasteiger partial charge in [-0.05, 0) is 30.8 Å². The maximum atomic E-state index is 12.5. The first-order chi connectivity index (χ1) is 8.41. The van der Waals surface area contributed by atoms with E-state index in [1.807, 2.05) is 0 Å². The lowest BCUT2D eigenvalue weighted by atomic mass is 10.1. The van der Waals surface area contributed by atoms with Crippen molar-refractivity contribution in [2.75, 3.05) is 13.6 Å². The number of hydrogen-bond acceptors (Lipinski definition) is 3. The quantitative estimate of drug-likeness (QED) is 0.890. The van der Waals surface area contributed by atoms with E-state index in [0.717, 1.165) is 6.07 Å². The second-order valence-electron chi connectivity index (χ2n) is 3.98. The Morgan fingerprint density at radius 2 is 2.06 bits per heavy atom. The zero-order valence-electron chi connectivity index (χ0n) is 9.58. The van der Waals surface area contributed by atoms with Crippen LogP contribution >= 0.6 is 0 Å². The smallest absolute Gasteiger partial charge is 0.449 e. The standard InChI is InChI=1S/C12H12F3NO2/c1-16-6-9(17)7-2-3-10-8(4-7)5-11(18-10)12(13,14)15/h2-5,9,16-17H,6H2,1H3. The van der Waals surface area contributed by atoms with Crippen LogP contribution in [0.3, 0.4) is 0 Å². The third kappa shape index (κ3) is 2.49. The Morgan fingerprint density at radius 3 is 2.67 bits per heavy atom. The number of furan rings is 1. The second-order valence-corrected chi connectivity index (χ2v) is 3.98. The molecule has 18 heavy (non-hydrogen) atoms. The summed E-state index contributed by atoms with van der Waals surface area (Å²) in [4.78, 5) is 0. The zero-order valence-corrected chi connectivity index (χ0v) is 9.58. The third-order valence-electron chi connectivity index (χ3n) is 2.60. The molecule has 98 valence electrons. The monoisotopic (exact) mass is 259 g/mol. The van der Waals surface area contributed by atoms with Crippen LogP contribution in [0.15, 0.2) is 28.7 Å². The summed E-state index contributed by atoms with van der Waals surface area (Å²) in [6, 6.07) is 5.41. The van der Waals surface area contributed by atoms with Crippen LogP contribution in [0.25, 0.3) is 11.0 Å². The molecule has 0 bridgehead atoms. The Hall–Kier alpha value is -1.53. The minimum atomic E-state index is -4.50. The summed E-state index contributed by atoms with van der Waals surface area (Å²) < 4.78 is 42.1. The summed E-state index contributed by atoms with van der Waals surface area (Å²) >= 11 is 0. The summed E-state index contributed by atoms with van der Waals surface area (Å²) in [5.74, 6) is -1.03. The van der Waals surface area contributed by atoms with Crippen molar-refractivity contribution in [3.8, 4) is 0 Å². The van der Waals surface area contributed by atoms with E-state index in [1.54, 1.807) is 13.1 Å². The van der Waals surface area contributed by atoms with Crippen LogP contribution in [-0.2, 0) is 6.18 Å². The van der Waals surface area contributed by atoms with Crippen LogP contribution in [0.4, 0.5) is 13.2 Å². The Kier molecular flexibility index (Phi) is 3.32. The number of likely N-dealkylation sites (N-methyl/N-ethyl adjacent to an activating group) is 1. The lowest BCUT2D eigenvalue weighted by Crippen LogP contribution is -2.16. The van der Waals surface area contributed by atoms with E-state index in [-0.39, 0.29) is 5.58 Å². The molecule has 1 atom stereocenters. The molecule has 0 fully saturated rings. The number of benzene rings is 1. The minimum absolute atomic E-state index is 0.155. The fourth-order valence-corrected chi connectivity index (χ4v) is 1.72. The highest BCUT2D eigenvalue weighted by Crippen LogP contribution is 2.34. The number of alkyl halides is 3. The summed E-state index contributed by atoms with van der Waals surface area (Å²) in [6.07, 6.45) is -5.26. The fraction of sp³-hybridized carbons (Fsp3) is 0.333. The SMILES string of the molecule is CNCC(O)c1ccc2oc(C(F)(F)F)cc2c1. The molecule has 0 aliphatic heterocycles. The van der Waals surface area contributed by atoms with Gasteiger partial charge in [-0.2, -0.15) is 13.2 Å². The van der Waals surface area contributed by atoms with Crippen molar-refractivity contribution in [1.29, 1.82) is 0 Å². The lowest BCUT2D eigenvalue weighted by Gasteiger charge is -2.09. The topological polar surface area (TPSA) is 45.4 Å². The van der Waals surface area contributed by atoms with Gasteiger partial charge in [-0.1, -0.05) is 6.07 Å². The molecule has 0 saturated carbocycles. The van der Waals surface area contributed by atoms with Gasteiger partial charge in [0, 0.05) is 11.9 Å². The van der Waals surface area contributed by atoms with Gasteiger partial charge < -0.3 is 14.8 Å². The van der Waals surface area contributed by atoms with Gasteiger partial charge >= 0.3 is 6.18 Å². The molecule has 2 N–H and O–H groups in total. The zero-order chi connectivity index (χ0) is 13.3. The van der Waals surface area contributed by atoms with Crippen molar-refractivity contribution in [1.82, 2.24) is 5.32 Å². The molecule has 0 aliphatic rings. The first-order valence-electron chi connectivity index (χ1n) is 5.35. The summed E-state index contributed by atoms with van der Waals surface area (Å²) in [7, 11) is 1.68. The van der Waals surface area contributed by atoms with Crippen molar-refractivity contribution in [3.05, 3.63) is 35.6 Å². The molecule has 2 aromatic rings. The average Bonchev–Trinajstić information content (AvgIpc) is 2.71. The van der Waals surface area contributed by atoms with E-state index in [2.05, 4.69) is 5.32 Å². The van der Waals surface area contributed by atoms with Gasteiger partial charge in [0.25, 0.3) is 0 Å². The van der Waals surface area contributed by atoms with Gasteiger partial charge in [0.1, 0.15) is 5.58 Å². The molecule has 0 spiro atoms. The fourth-order valence-electron chi connectivity index (χ4n) is 1.72. The molecule has 3 nitrogen and oxygen atoms in total. The third-order valence-corrected chi connectivity index (χ3v) is 2.60. The highest BCUT2D eigenvalue weighted by molar-refractivity contribution is 5.79. The number of hydrogen-bond donors (Lipinski definition) is 2. The van der Waals surface area contributed by atoms with E-state index < -0.39 is 18.0 Å². The number of rotatable bonds is 3.